The Labute approximate surface area is 174 Å². The molecule has 29 heavy (non-hydrogen) atoms. The minimum Gasteiger partial charge on any atom is -0.490 e. The second kappa shape index (κ2) is 8.80. The molecule has 2 amide bonds. The summed E-state index contributed by atoms with van der Waals surface area (Å²) in [6, 6.07) is 8.77. The van der Waals surface area contributed by atoms with Crippen molar-refractivity contribution in [1.29, 1.82) is 0 Å². The quantitative estimate of drug-likeness (QED) is 0.779. The topological polar surface area (TPSA) is 94.8 Å². The molecule has 0 radical (unpaired) electrons. The second-order valence-corrected chi connectivity index (χ2v) is 7.64. The van der Waals surface area contributed by atoms with Gasteiger partial charge in [0.25, 0.3) is 5.91 Å². The van der Waals surface area contributed by atoms with Crippen LogP contribution < -0.4 is 10.5 Å². The fraction of sp³-hybridized carbons (Fsp3) is 0.381. The number of pyridine rings is 1. The predicted molar refractivity (Wildman–Crippen MR) is 109 cm³/mol. The van der Waals surface area contributed by atoms with E-state index in [1.807, 2.05) is 13.0 Å². The Kier molecular flexibility index (Phi) is 6.39. The van der Waals surface area contributed by atoms with Crippen molar-refractivity contribution in [1.82, 2.24) is 9.88 Å². The summed E-state index contributed by atoms with van der Waals surface area (Å²) in [7, 11) is 0. The SMILES string of the molecule is Cc1cc(OC[C@@]2(CC(N)=O)CN(C(=O)c3cccnc3C)CCO2)ccc1Cl. The van der Waals surface area contributed by atoms with E-state index in [1.54, 1.807) is 42.3 Å². The Morgan fingerprint density at radius 1 is 1.34 bits per heavy atom. The molecule has 1 atom stereocenters. The van der Waals surface area contributed by atoms with Crippen LogP contribution in [0.1, 0.15) is 28.0 Å². The number of benzene rings is 1. The van der Waals surface area contributed by atoms with E-state index in [0.29, 0.717) is 28.6 Å². The Morgan fingerprint density at radius 3 is 2.83 bits per heavy atom. The van der Waals surface area contributed by atoms with Crippen molar-refractivity contribution in [3.63, 3.8) is 0 Å². The summed E-state index contributed by atoms with van der Waals surface area (Å²) < 4.78 is 11.8. The molecule has 154 valence electrons. The average molecular weight is 418 g/mol. The molecule has 1 aromatic heterocycles. The van der Waals surface area contributed by atoms with Crippen LogP contribution in [-0.2, 0) is 9.53 Å². The lowest BCUT2D eigenvalue weighted by molar-refractivity contribution is -0.142. The Morgan fingerprint density at radius 2 is 2.14 bits per heavy atom. The van der Waals surface area contributed by atoms with Crippen LogP contribution in [0.5, 0.6) is 5.75 Å². The molecule has 7 nitrogen and oxygen atoms in total. The van der Waals surface area contributed by atoms with Crippen LogP contribution >= 0.6 is 11.6 Å². The van der Waals surface area contributed by atoms with E-state index < -0.39 is 11.5 Å². The summed E-state index contributed by atoms with van der Waals surface area (Å²) in [4.78, 5) is 30.6. The van der Waals surface area contributed by atoms with E-state index in [1.165, 1.54) is 0 Å². The number of carbonyl (C=O) groups is 2. The minimum atomic E-state index is -1.02. The van der Waals surface area contributed by atoms with Gasteiger partial charge >= 0.3 is 0 Å². The number of primary amides is 1. The second-order valence-electron chi connectivity index (χ2n) is 7.24. The van der Waals surface area contributed by atoms with Gasteiger partial charge in [-0.2, -0.15) is 0 Å². The van der Waals surface area contributed by atoms with Crippen molar-refractivity contribution >= 4 is 23.4 Å². The van der Waals surface area contributed by atoms with Crippen molar-refractivity contribution in [2.24, 2.45) is 5.73 Å². The third-order valence-electron chi connectivity index (χ3n) is 4.90. The summed E-state index contributed by atoms with van der Waals surface area (Å²) in [6.45, 7) is 4.62. The first-order valence-corrected chi connectivity index (χ1v) is 9.69. The number of nitrogens with two attached hydrogens (primary N) is 1. The highest BCUT2D eigenvalue weighted by Gasteiger charge is 2.41. The summed E-state index contributed by atoms with van der Waals surface area (Å²) in [5, 5.41) is 0.640. The molecule has 1 saturated heterocycles. The van der Waals surface area contributed by atoms with Gasteiger partial charge < -0.3 is 20.1 Å². The van der Waals surface area contributed by atoms with Gasteiger partial charge in [0.15, 0.2) is 0 Å². The zero-order valence-electron chi connectivity index (χ0n) is 16.5. The zero-order chi connectivity index (χ0) is 21.0. The fourth-order valence-corrected chi connectivity index (χ4v) is 3.50. The van der Waals surface area contributed by atoms with Gasteiger partial charge in [0, 0.05) is 23.5 Å². The van der Waals surface area contributed by atoms with E-state index in [-0.39, 0.29) is 32.1 Å². The molecule has 0 saturated carbocycles. The van der Waals surface area contributed by atoms with Gasteiger partial charge in [-0.1, -0.05) is 11.6 Å². The molecule has 1 aromatic carbocycles. The Hall–Kier alpha value is -2.64. The fourth-order valence-electron chi connectivity index (χ4n) is 3.38. The number of ether oxygens (including phenoxy) is 2. The molecule has 1 aliphatic heterocycles. The van der Waals surface area contributed by atoms with Crippen LogP contribution in [0.4, 0.5) is 0 Å². The van der Waals surface area contributed by atoms with Gasteiger partial charge in [-0.3, -0.25) is 14.6 Å². The lowest BCUT2D eigenvalue weighted by Gasteiger charge is -2.42. The third-order valence-corrected chi connectivity index (χ3v) is 5.32. The van der Waals surface area contributed by atoms with Crippen LogP contribution in [0.2, 0.25) is 5.02 Å². The number of hydrogen-bond acceptors (Lipinski definition) is 5. The van der Waals surface area contributed by atoms with Gasteiger partial charge in [0.2, 0.25) is 5.91 Å². The van der Waals surface area contributed by atoms with Gasteiger partial charge in [0.1, 0.15) is 18.0 Å². The molecule has 0 spiro atoms. The highest BCUT2D eigenvalue weighted by atomic mass is 35.5. The van der Waals surface area contributed by atoms with Crippen molar-refractivity contribution < 1.29 is 19.1 Å². The zero-order valence-corrected chi connectivity index (χ0v) is 17.2. The number of amides is 2. The molecule has 0 bridgehead atoms. The Bertz CT molecular complexity index is 921. The number of hydrogen-bond donors (Lipinski definition) is 1. The lowest BCUT2D eigenvalue weighted by Crippen LogP contribution is -2.58. The number of rotatable bonds is 6. The van der Waals surface area contributed by atoms with E-state index in [0.717, 1.165) is 5.56 Å². The normalized spacial score (nSPS) is 19.1. The maximum absolute atomic E-state index is 13.0. The maximum Gasteiger partial charge on any atom is 0.255 e. The van der Waals surface area contributed by atoms with Crippen LogP contribution in [0.25, 0.3) is 0 Å². The van der Waals surface area contributed by atoms with Gasteiger partial charge in [-0.25, -0.2) is 0 Å². The molecule has 2 heterocycles. The number of morpholine rings is 1. The molecule has 2 N–H and O–H groups in total. The third kappa shape index (κ3) is 5.05. The smallest absolute Gasteiger partial charge is 0.255 e. The van der Waals surface area contributed by atoms with E-state index in [9.17, 15) is 9.59 Å². The van der Waals surface area contributed by atoms with Crippen molar-refractivity contribution in [2.45, 2.75) is 25.9 Å². The number of carbonyl (C=O) groups excluding carboxylic acids is 2. The predicted octanol–water partition coefficient (Wildman–Crippen LogP) is 2.52. The molecule has 2 aromatic rings. The minimum absolute atomic E-state index is 0.0601. The molecule has 0 aliphatic carbocycles. The van der Waals surface area contributed by atoms with Gasteiger partial charge in [-0.05, 0) is 49.7 Å². The molecule has 8 heteroatoms. The summed E-state index contributed by atoms with van der Waals surface area (Å²) in [5.41, 5.74) is 6.50. The van der Waals surface area contributed by atoms with E-state index in [4.69, 9.17) is 26.8 Å². The first-order valence-electron chi connectivity index (χ1n) is 9.32. The van der Waals surface area contributed by atoms with Crippen LogP contribution in [0.3, 0.4) is 0 Å². The molecular weight excluding hydrogens is 394 g/mol. The number of aryl methyl sites for hydroxylation is 2. The number of nitrogens with zero attached hydrogens (tertiary/aromatic N) is 2. The van der Waals surface area contributed by atoms with E-state index in [2.05, 4.69) is 4.98 Å². The molecule has 3 rings (SSSR count). The summed E-state index contributed by atoms with van der Waals surface area (Å²) in [6.07, 6.45) is 1.58. The highest BCUT2D eigenvalue weighted by Crippen LogP contribution is 2.27. The first kappa shape index (κ1) is 21.1. The standard InChI is InChI=1S/C21H24ClN3O4/c1-14-10-16(5-6-18(14)22)28-13-21(11-19(23)26)12-25(8-9-29-21)20(27)17-4-3-7-24-15(17)2/h3-7,10H,8-9,11-13H2,1-2H3,(H2,23,26)/t21-/m1/s1. The van der Waals surface area contributed by atoms with Crippen molar-refractivity contribution in [3.8, 4) is 5.75 Å². The van der Waals surface area contributed by atoms with Crippen LogP contribution in [0.15, 0.2) is 36.5 Å². The number of halogens is 1. The van der Waals surface area contributed by atoms with Crippen LogP contribution in [0, 0.1) is 13.8 Å². The van der Waals surface area contributed by atoms with Crippen molar-refractivity contribution in [3.05, 3.63) is 58.4 Å². The van der Waals surface area contributed by atoms with E-state index >= 15 is 0 Å². The highest BCUT2D eigenvalue weighted by molar-refractivity contribution is 6.31. The largest absolute Gasteiger partial charge is 0.490 e. The Balaban J connectivity index is 1.79. The average Bonchev–Trinajstić information content (AvgIpc) is 2.68. The maximum atomic E-state index is 13.0. The first-order chi connectivity index (χ1) is 13.8. The van der Waals surface area contributed by atoms with Crippen molar-refractivity contribution in [2.75, 3.05) is 26.3 Å². The van der Waals surface area contributed by atoms with Gasteiger partial charge in [0.05, 0.1) is 25.1 Å². The van der Waals surface area contributed by atoms with Gasteiger partial charge in [-0.15, -0.1) is 0 Å². The molecule has 0 unspecified atom stereocenters. The summed E-state index contributed by atoms with van der Waals surface area (Å²) >= 11 is 6.06. The molecule has 1 aliphatic rings. The van der Waals surface area contributed by atoms with Crippen LogP contribution in [-0.4, -0.2) is 53.6 Å². The lowest BCUT2D eigenvalue weighted by atomic mass is 9.96. The number of aromatic nitrogens is 1. The summed E-state index contributed by atoms with van der Waals surface area (Å²) in [5.74, 6) is -0.0753. The molecule has 1 fully saturated rings. The molecular formula is C21H24ClN3O4. The monoisotopic (exact) mass is 417 g/mol.